The molecule has 1 aromatic heterocycles. The van der Waals surface area contributed by atoms with E-state index in [9.17, 15) is 9.59 Å². The van der Waals surface area contributed by atoms with E-state index >= 15 is 0 Å². The zero-order valence-electron chi connectivity index (χ0n) is 16.8. The fourth-order valence-electron chi connectivity index (χ4n) is 3.45. The molecule has 0 aliphatic carbocycles. The normalized spacial score (nSPS) is 14.9. The minimum Gasteiger partial charge on any atom is -0.492 e. The number of rotatable bonds is 7. The monoisotopic (exact) mass is 396 g/mol. The highest BCUT2D eigenvalue weighted by molar-refractivity contribution is 6.39. The molecular formula is C22H28N4O3. The maximum absolute atomic E-state index is 12.2. The standard InChI is InChI=1S/C22H28N4O3/c1-2-29-20-8-4-3-7-19(20)25-22(28)21(27)24-15-17-9-12-26(13-10-17)16-18-6-5-11-23-14-18/h3-8,11,14,17H,2,9-10,12-13,15-16H2,1H3,(H,24,27)(H,25,28). The Morgan fingerprint density at radius 2 is 1.93 bits per heavy atom. The molecule has 0 saturated carbocycles. The van der Waals surface area contributed by atoms with Crippen LogP contribution in [0.4, 0.5) is 5.69 Å². The highest BCUT2D eigenvalue weighted by atomic mass is 16.5. The summed E-state index contributed by atoms with van der Waals surface area (Å²) in [5.74, 6) is -0.356. The van der Waals surface area contributed by atoms with Gasteiger partial charge < -0.3 is 15.4 Å². The Morgan fingerprint density at radius 1 is 1.14 bits per heavy atom. The first-order valence-electron chi connectivity index (χ1n) is 10.1. The van der Waals surface area contributed by atoms with Gasteiger partial charge in [0.15, 0.2) is 0 Å². The van der Waals surface area contributed by atoms with Crippen molar-refractivity contribution in [2.24, 2.45) is 5.92 Å². The number of carbonyl (C=O) groups excluding carboxylic acids is 2. The number of benzene rings is 1. The fourth-order valence-corrected chi connectivity index (χ4v) is 3.45. The molecule has 1 fully saturated rings. The molecule has 2 amide bonds. The van der Waals surface area contributed by atoms with E-state index in [1.165, 1.54) is 5.56 Å². The third-order valence-corrected chi connectivity index (χ3v) is 5.03. The van der Waals surface area contributed by atoms with E-state index in [1.54, 1.807) is 24.4 Å². The molecule has 0 unspecified atom stereocenters. The second-order valence-electron chi connectivity index (χ2n) is 7.17. The van der Waals surface area contributed by atoms with Crippen LogP contribution in [0.1, 0.15) is 25.3 Å². The summed E-state index contributed by atoms with van der Waals surface area (Å²) in [7, 11) is 0. The highest BCUT2D eigenvalue weighted by Crippen LogP contribution is 2.23. The van der Waals surface area contributed by atoms with Gasteiger partial charge in [-0.25, -0.2) is 0 Å². The second kappa shape index (κ2) is 10.6. The summed E-state index contributed by atoms with van der Waals surface area (Å²) in [5, 5.41) is 5.40. The van der Waals surface area contributed by atoms with Crippen molar-refractivity contribution in [2.45, 2.75) is 26.3 Å². The molecule has 2 heterocycles. The van der Waals surface area contributed by atoms with E-state index in [0.717, 1.165) is 32.5 Å². The second-order valence-corrected chi connectivity index (χ2v) is 7.17. The average molecular weight is 396 g/mol. The number of para-hydroxylation sites is 2. The summed E-state index contributed by atoms with van der Waals surface area (Å²) in [4.78, 5) is 30.9. The molecular weight excluding hydrogens is 368 g/mol. The summed E-state index contributed by atoms with van der Waals surface area (Å²) in [5.41, 5.74) is 1.71. The van der Waals surface area contributed by atoms with Crippen LogP contribution in [0.15, 0.2) is 48.8 Å². The van der Waals surface area contributed by atoms with Crippen molar-refractivity contribution >= 4 is 17.5 Å². The number of ether oxygens (including phenoxy) is 1. The first kappa shape index (κ1) is 20.8. The van der Waals surface area contributed by atoms with Gasteiger partial charge in [0.05, 0.1) is 12.3 Å². The van der Waals surface area contributed by atoms with Gasteiger partial charge in [0.25, 0.3) is 0 Å². The van der Waals surface area contributed by atoms with E-state index in [0.29, 0.717) is 30.5 Å². The van der Waals surface area contributed by atoms with Gasteiger partial charge >= 0.3 is 11.8 Å². The lowest BCUT2D eigenvalue weighted by atomic mass is 9.96. The number of nitrogens with one attached hydrogen (secondary N) is 2. The van der Waals surface area contributed by atoms with Crippen molar-refractivity contribution in [1.29, 1.82) is 0 Å². The van der Waals surface area contributed by atoms with Crippen molar-refractivity contribution in [1.82, 2.24) is 15.2 Å². The van der Waals surface area contributed by atoms with Gasteiger partial charge in [0.2, 0.25) is 0 Å². The number of anilines is 1. The number of likely N-dealkylation sites (tertiary alicyclic amines) is 1. The highest BCUT2D eigenvalue weighted by Gasteiger charge is 2.22. The molecule has 29 heavy (non-hydrogen) atoms. The summed E-state index contributed by atoms with van der Waals surface area (Å²) in [6.07, 6.45) is 5.67. The van der Waals surface area contributed by atoms with E-state index in [2.05, 4.69) is 26.6 Å². The maximum Gasteiger partial charge on any atom is 0.313 e. The van der Waals surface area contributed by atoms with Gasteiger partial charge in [0, 0.05) is 25.5 Å². The number of nitrogens with zero attached hydrogens (tertiary/aromatic N) is 2. The Kier molecular flexibility index (Phi) is 7.58. The lowest BCUT2D eigenvalue weighted by molar-refractivity contribution is -0.136. The lowest BCUT2D eigenvalue weighted by Crippen LogP contribution is -2.41. The Balaban J connectivity index is 1.40. The molecule has 3 rings (SSSR count). The molecule has 0 bridgehead atoms. The Hall–Kier alpha value is -2.93. The van der Waals surface area contributed by atoms with Crippen LogP contribution in [0.25, 0.3) is 0 Å². The van der Waals surface area contributed by atoms with Crippen molar-refractivity contribution in [2.75, 3.05) is 31.6 Å². The quantitative estimate of drug-likeness (QED) is 0.703. The molecule has 7 nitrogen and oxygen atoms in total. The number of piperidine rings is 1. The number of hydrogen-bond donors (Lipinski definition) is 2. The zero-order valence-corrected chi connectivity index (χ0v) is 16.8. The summed E-state index contributed by atoms with van der Waals surface area (Å²) < 4.78 is 5.47. The molecule has 1 saturated heterocycles. The van der Waals surface area contributed by atoms with Crippen molar-refractivity contribution in [3.05, 3.63) is 54.4 Å². The molecule has 7 heteroatoms. The first-order chi connectivity index (χ1) is 14.2. The third-order valence-electron chi connectivity index (χ3n) is 5.03. The third kappa shape index (κ3) is 6.29. The van der Waals surface area contributed by atoms with E-state index in [1.807, 2.05) is 25.3 Å². The van der Waals surface area contributed by atoms with Gasteiger partial charge in [0.1, 0.15) is 5.75 Å². The van der Waals surface area contributed by atoms with Gasteiger partial charge in [-0.05, 0) is 62.5 Å². The van der Waals surface area contributed by atoms with Crippen molar-refractivity contribution in [3.8, 4) is 5.75 Å². The fraction of sp³-hybridized carbons (Fsp3) is 0.409. The predicted octanol–water partition coefficient (Wildman–Crippen LogP) is 2.45. The molecule has 154 valence electrons. The Labute approximate surface area is 171 Å². The Morgan fingerprint density at radius 3 is 2.66 bits per heavy atom. The molecule has 0 atom stereocenters. The molecule has 1 aromatic carbocycles. The van der Waals surface area contributed by atoms with E-state index in [-0.39, 0.29) is 0 Å². The van der Waals surface area contributed by atoms with E-state index < -0.39 is 11.8 Å². The summed E-state index contributed by atoms with van der Waals surface area (Å²) in [6.45, 7) is 5.72. The minimum atomic E-state index is -0.675. The summed E-state index contributed by atoms with van der Waals surface area (Å²) in [6, 6.07) is 11.1. The average Bonchev–Trinajstić information content (AvgIpc) is 2.75. The van der Waals surface area contributed by atoms with Crippen LogP contribution in [0.3, 0.4) is 0 Å². The van der Waals surface area contributed by atoms with Crippen LogP contribution < -0.4 is 15.4 Å². The van der Waals surface area contributed by atoms with Crippen LogP contribution in [0, 0.1) is 5.92 Å². The van der Waals surface area contributed by atoms with Crippen LogP contribution in [0.5, 0.6) is 5.75 Å². The Bertz CT molecular complexity index is 805. The van der Waals surface area contributed by atoms with Crippen LogP contribution >= 0.6 is 0 Å². The number of carbonyl (C=O) groups is 2. The largest absolute Gasteiger partial charge is 0.492 e. The van der Waals surface area contributed by atoms with Gasteiger partial charge in [-0.3, -0.25) is 19.5 Å². The summed E-state index contributed by atoms with van der Waals surface area (Å²) >= 11 is 0. The van der Waals surface area contributed by atoms with Gasteiger partial charge in [-0.1, -0.05) is 18.2 Å². The first-order valence-corrected chi connectivity index (χ1v) is 10.1. The topological polar surface area (TPSA) is 83.6 Å². The minimum absolute atomic E-state index is 0.382. The van der Waals surface area contributed by atoms with Crippen LogP contribution in [0.2, 0.25) is 0 Å². The zero-order chi connectivity index (χ0) is 20.5. The SMILES string of the molecule is CCOc1ccccc1NC(=O)C(=O)NCC1CCN(Cc2cccnc2)CC1. The molecule has 1 aliphatic rings. The van der Waals surface area contributed by atoms with Crippen molar-refractivity contribution in [3.63, 3.8) is 0 Å². The smallest absolute Gasteiger partial charge is 0.313 e. The van der Waals surface area contributed by atoms with Gasteiger partial charge in [-0.2, -0.15) is 0 Å². The number of pyridine rings is 1. The number of aromatic nitrogens is 1. The molecule has 0 spiro atoms. The van der Waals surface area contributed by atoms with Crippen LogP contribution in [-0.2, 0) is 16.1 Å². The molecule has 1 aliphatic heterocycles. The number of amides is 2. The molecule has 2 aromatic rings. The van der Waals surface area contributed by atoms with Crippen LogP contribution in [-0.4, -0.2) is 47.9 Å². The maximum atomic E-state index is 12.2. The van der Waals surface area contributed by atoms with E-state index in [4.69, 9.17) is 4.74 Å². The predicted molar refractivity (Wildman–Crippen MR) is 111 cm³/mol. The molecule has 0 radical (unpaired) electrons. The number of hydrogen-bond acceptors (Lipinski definition) is 5. The van der Waals surface area contributed by atoms with Crippen molar-refractivity contribution < 1.29 is 14.3 Å². The lowest BCUT2D eigenvalue weighted by Gasteiger charge is -2.31. The molecule has 2 N–H and O–H groups in total. The van der Waals surface area contributed by atoms with Gasteiger partial charge in [-0.15, -0.1) is 0 Å².